The number of rotatable bonds is 9. The van der Waals surface area contributed by atoms with Crippen LogP contribution < -0.4 is 16.0 Å². The van der Waals surface area contributed by atoms with Crippen LogP contribution in [-0.4, -0.2) is 37.0 Å². The maximum Gasteiger partial charge on any atom is 0.221 e. The lowest BCUT2D eigenvalue weighted by Gasteiger charge is -2.08. The normalized spacial score (nSPS) is 14.6. The minimum atomic E-state index is 0.0276. The van der Waals surface area contributed by atoms with E-state index in [1.54, 1.807) is 0 Å². The predicted octanol–water partition coefficient (Wildman–Crippen LogP) is 0.550. The molecule has 1 rings (SSSR count). The molecule has 0 aromatic heterocycles. The minimum absolute atomic E-state index is 0.0276. The zero-order chi connectivity index (χ0) is 13.4. The molecule has 0 unspecified atom stereocenters. The van der Waals surface area contributed by atoms with E-state index in [0.717, 1.165) is 25.8 Å². The van der Waals surface area contributed by atoms with Crippen molar-refractivity contribution in [2.24, 2.45) is 0 Å². The second-order valence-electron chi connectivity index (χ2n) is 5.15. The van der Waals surface area contributed by atoms with Gasteiger partial charge in [0.15, 0.2) is 0 Å². The molecular formula is C13H25N3O2. The van der Waals surface area contributed by atoms with E-state index in [1.807, 2.05) is 0 Å². The van der Waals surface area contributed by atoms with Crippen LogP contribution in [0.15, 0.2) is 0 Å². The molecule has 18 heavy (non-hydrogen) atoms. The third kappa shape index (κ3) is 8.06. The van der Waals surface area contributed by atoms with E-state index < -0.39 is 0 Å². The lowest BCUT2D eigenvalue weighted by Crippen LogP contribution is -2.32. The molecule has 0 aromatic carbocycles. The summed E-state index contributed by atoms with van der Waals surface area (Å²) in [6.45, 7) is 5.46. The van der Waals surface area contributed by atoms with Crippen molar-refractivity contribution in [1.82, 2.24) is 16.0 Å². The van der Waals surface area contributed by atoms with Gasteiger partial charge >= 0.3 is 0 Å². The van der Waals surface area contributed by atoms with Gasteiger partial charge in [0.25, 0.3) is 0 Å². The second kappa shape index (κ2) is 8.08. The highest BCUT2D eigenvalue weighted by molar-refractivity contribution is 5.79. The predicted molar refractivity (Wildman–Crippen MR) is 71.2 cm³/mol. The number of nitrogens with one attached hydrogen (secondary N) is 3. The van der Waals surface area contributed by atoms with Crippen LogP contribution in [0.4, 0.5) is 0 Å². The van der Waals surface area contributed by atoms with Crippen molar-refractivity contribution in [3.05, 3.63) is 0 Å². The molecule has 0 atom stereocenters. The van der Waals surface area contributed by atoms with Crippen LogP contribution in [0.2, 0.25) is 0 Å². The highest BCUT2D eigenvalue weighted by Crippen LogP contribution is 2.18. The zero-order valence-electron chi connectivity index (χ0n) is 11.4. The standard InChI is InChI=1S/C13H25N3O2/c1-10(2)14-8-3-4-12(17)15-9-7-13(18)16-11-5-6-11/h10-11,14H,3-9H2,1-2H3,(H,15,17)(H,16,18). The summed E-state index contributed by atoms with van der Waals surface area (Å²) in [6, 6.07) is 0.856. The highest BCUT2D eigenvalue weighted by atomic mass is 16.2. The Hall–Kier alpha value is -1.10. The largest absolute Gasteiger partial charge is 0.356 e. The molecule has 1 aliphatic carbocycles. The molecule has 5 nitrogen and oxygen atoms in total. The maximum atomic E-state index is 11.4. The van der Waals surface area contributed by atoms with Crippen molar-refractivity contribution in [3.63, 3.8) is 0 Å². The van der Waals surface area contributed by atoms with Gasteiger partial charge in [-0.2, -0.15) is 0 Å². The Bertz CT molecular complexity index is 275. The summed E-state index contributed by atoms with van der Waals surface area (Å²) in [5, 5.41) is 8.92. The Morgan fingerprint density at radius 3 is 2.44 bits per heavy atom. The fraction of sp³-hybridized carbons (Fsp3) is 0.846. The van der Waals surface area contributed by atoms with Crippen molar-refractivity contribution >= 4 is 11.8 Å². The van der Waals surface area contributed by atoms with Crippen molar-refractivity contribution in [1.29, 1.82) is 0 Å². The fourth-order valence-electron chi connectivity index (χ4n) is 1.57. The van der Waals surface area contributed by atoms with Crippen LogP contribution in [0.25, 0.3) is 0 Å². The van der Waals surface area contributed by atoms with Gasteiger partial charge in [0.2, 0.25) is 11.8 Å². The van der Waals surface area contributed by atoms with Gasteiger partial charge in [-0.25, -0.2) is 0 Å². The van der Waals surface area contributed by atoms with Gasteiger partial charge in [0.05, 0.1) is 0 Å². The van der Waals surface area contributed by atoms with Gasteiger partial charge in [0.1, 0.15) is 0 Å². The number of carbonyl (C=O) groups is 2. The third-order valence-corrected chi connectivity index (χ3v) is 2.75. The number of carbonyl (C=O) groups excluding carboxylic acids is 2. The van der Waals surface area contributed by atoms with Gasteiger partial charge in [-0.15, -0.1) is 0 Å². The average molecular weight is 255 g/mol. The molecule has 0 aromatic rings. The fourth-order valence-corrected chi connectivity index (χ4v) is 1.57. The molecule has 2 amide bonds. The second-order valence-corrected chi connectivity index (χ2v) is 5.15. The Balaban J connectivity index is 1.90. The lowest BCUT2D eigenvalue weighted by molar-refractivity contribution is -0.122. The van der Waals surface area contributed by atoms with E-state index >= 15 is 0 Å². The van der Waals surface area contributed by atoms with Gasteiger partial charge in [-0.1, -0.05) is 13.8 Å². The van der Waals surface area contributed by atoms with Crippen LogP contribution >= 0.6 is 0 Å². The molecular weight excluding hydrogens is 230 g/mol. The minimum Gasteiger partial charge on any atom is -0.356 e. The quantitative estimate of drug-likeness (QED) is 0.527. The molecule has 0 heterocycles. The first-order valence-corrected chi connectivity index (χ1v) is 6.87. The average Bonchev–Trinajstić information content (AvgIpc) is 3.08. The summed E-state index contributed by atoms with van der Waals surface area (Å²) in [6.07, 6.45) is 3.93. The molecule has 0 radical (unpaired) electrons. The molecule has 104 valence electrons. The molecule has 0 bridgehead atoms. The van der Waals surface area contributed by atoms with Gasteiger partial charge in [0, 0.05) is 31.5 Å². The molecule has 0 saturated heterocycles. The first-order valence-electron chi connectivity index (χ1n) is 6.87. The van der Waals surface area contributed by atoms with E-state index in [2.05, 4.69) is 29.8 Å². The first kappa shape index (κ1) is 15.0. The Labute approximate surface area is 109 Å². The topological polar surface area (TPSA) is 70.2 Å². The summed E-state index contributed by atoms with van der Waals surface area (Å²) in [5.41, 5.74) is 0. The number of amides is 2. The lowest BCUT2D eigenvalue weighted by atomic mass is 10.2. The number of hydrogen-bond donors (Lipinski definition) is 3. The maximum absolute atomic E-state index is 11.4. The molecule has 0 aliphatic heterocycles. The van der Waals surface area contributed by atoms with Gasteiger partial charge in [-0.05, 0) is 25.8 Å². The van der Waals surface area contributed by atoms with E-state index in [1.165, 1.54) is 0 Å². The Kier molecular flexibility index (Phi) is 6.72. The summed E-state index contributed by atoms with van der Waals surface area (Å²) in [5.74, 6) is 0.0686. The summed E-state index contributed by atoms with van der Waals surface area (Å²) in [7, 11) is 0. The Morgan fingerprint density at radius 1 is 1.11 bits per heavy atom. The highest BCUT2D eigenvalue weighted by Gasteiger charge is 2.22. The third-order valence-electron chi connectivity index (χ3n) is 2.75. The SMILES string of the molecule is CC(C)NCCCC(=O)NCCC(=O)NC1CC1. The molecule has 1 fully saturated rings. The summed E-state index contributed by atoms with van der Waals surface area (Å²) >= 11 is 0. The molecule has 1 aliphatic rings. The molecule has 1 saturated carbocycles. The zero-order valence-corrected chi connectivity index (χ0v) is 11.4. The van der Waals surface area contributed by atoms with Crippen LogP contribution in [0.5, 0.6) is 0 Å². The van der Waals surface area contributed by atoms with Crippen molar-refractivity contribution in [2.75, 3.05) is 13.1 Å². The first-order chi connectivity index (χ1) is 8.58. The monoisotopic (exact) mass is 255 g/mol. The van der Waals surface area contributed by atoms with Crippen LogP contribution in [0.3, 0.4) is 0 Å². The van der Waals surface area contributed by atoms with E-state index in [4.69, 9.17) is 0 Å². The molecule has 0 spiro atoms. The van der Waals surface area contributed by atoms with Gasteiger partial charge in [-0.3, -0.25) is 9.59 Å². The molecule has 3 N–H and O–H groups in total. The van der Waals surface area contributed by atoms with Crippen LogP contribution in [0, 0.1) is 0 Å². The van der Waals surface area contributed by atoms with Crippen molar-refractivity contribution < 1.29 is 9.59 Å². The molecule has 5 heteroatoms. The summed E-state index contributed by atoms with van der Waals surface area (Å²) < 4.78 is 0. The van der Waals surface area contributed by atoms with Crippen LogP contribution in [0.1, 0.15) is 46.0 Å². The van der Waals surface area contributed by atoms with Crippen LogP contribution in [-0.2, 0) is 9.59 Å². The van der Waals surface area contributed by atoms with Gasteiger partial charge < -0.3 is 16.0 Å². The Morgan fingerprint density at radius 2 is 1.83 bits per heavy atom. The summed E-state index contributed by atoms with van der Waals surface area (Å²) in [4.78, 5) is 22.8. The smallest absolute Gasteiger partial charge is 0.221 e. The van der Waals surface area contributed by atoms with E-state index in [-0.39, 0.29) is 11.8 Å². The van der Waals surface area contributed by atoms with E-state index in [9.17, 15) is 9.59 Å². The number of hydrogen-bond acceptors (Lipinski definition) is 3. The van der Waals surface area contributed by atoms with Crippen molar-refractivity contribution in [2.45, 2.75) is 58.0 Å². The van der Waals surface area contributed by atoms with E-state index in [0.29, 0.717) is 31.5 Å². The van der Waals surface area contributed by atoms with Crippen molar-refractivity contribution in [3.8, 4) is 0 Å².